The van der Waals surface area contributed by atoms with Crippen LogP contribution in [0.15, 0.2) is 74.7 Å². The standard InChI is InChI=1S/C22H20N2O5S2/c1-15-10-17-12-18(14-28-22(25)23-13-16-6-3-2-4-7-16)29-21(17)19(11-15)24-31(26,27)20-8-5-9-30-20/h2-12,24H,13-14H2,1H3,(H,23,25). The second-order valence-corrected chi connectivity index (χ2v) is 9.75. The molecule has 0 unspecified atom stereocenters. The highest BCUT2D eigenvalue weighted by Gasteiger charge is 2.19. The van der Waals surface area contributed by atoms with Gasteiger partial charge in [0, 0.05) is 11.9 Å². The van der Waals surface area contributed by atoms with E-state index in [9.17, 15) is 13.2 Å². The van der Waals surface area contributed by atoms with Crippen molar-refractivity contribution in [3.05, 3.63) is 82.9 Å². The number of thiophene rings is 1. The van der Waals surface area contributed by atoms with Gasteiger partial charge < -0.3 is 14.5 Å². The molecule has 2 aromatic carbocycles. The number of furan rings is 1. The first-order chi connectivity index (χ1) is 14.9. The zero-order chi connectivity index (χ0) is 21.8. The van der Waals surface area contributed by atoms with E-state index in [0.717, 1.165) is 22.5 Å². The summed E-state index contributed by atoms with van der Waals surface area (Å²) >= 11 is 1.13. The molecule has 4 rings (SSSR count). The van der Waals surface area contributed by atoms with Crippen LogP contribution in [0, 0.1) is 6.92 Å². The summed E-state index contributed by atoms with van der Waals surface area (Å²) in [6.45, 7) is 2.14. The fourth-order valence-electron chi connectivity index (χ4n) is 3.07. The van der Waals surface area contributed by atoms with Gasteiger partial charge in [-0.25, -0.2) is 13.2 Å². The fourth-order valence-corrected chi connectivity index (χ4v) is 5.12. The number of hydrogen-bond donors (Lipinski definition) is 2. The third kappa shape index (κ3) is 5.07. The van der Waals surface area contributed by atoms with E-state index in [4.69, 9.17) is 9.15 Å². The highest BCUT2D eigenvalue weighted by atomic mass is 32.2. The van der Waals surface area contributed by atoms with Crippen LogP contribution >= 0.6 is 11.3 Å². The van der Waals surface area contributed by atoms with Gasteiger partial charge in [0.1, 0.15) is 9.97 Å². The van der Waals surface area contributed by atoms with Crippen molar-refractivity contribution >= 4 is 44.1 Å². The number of alkyl carbamates (subject to hydrolysis) is 1. The Balaban J connectivity index is 1.46. The summed E-state index contributed by atoms with van der Waals surface area (Å²) in [6, 6.07) is 18.0. The van der Waals surface area contributed by atoms with Gasteiger partial charge >= 0.3 is 6.09 Å². The Hall–Kier alpha value is -3.30. The van der Waals surface area contributed by atoms with Crippen molar-refractivity contribution in [3.63, 3.8) is 0 Å². The maximum absolute atomic E-state index is 12.6. The van der Waals surface area contributed by atoms with Gasteiger partial charge in [-0.3, -0.25) is 4.72 Å². The largest absolute Gasteiger partial charge is 0.455 e. The van der Waals surface area contributed by atoms with Crippen LogP contribution in [-0.2, 0) is 27.9 Å². The van der Waals surface area contributed by atoms with Crippen LogP contribution in [0.1, 0.15) is 16.9 Å². The SMILES string of the molecule is Cc1cc(NS(=O)(=O)c2cccs2)c2oc(COC(=O)NCc3ccccc3)cc2c1. The molecule has 0 aliphatic rings. The topological polar surface area (TPSA) is 97.6 Å². The minimum Gasteiger partial charge on any atom is -0.455 e. The fraction of sp³-hybridized carbons (Fsp3) is 0.136. The first-order valence-corrected chi connectivity index (χ1v) is 11.8. The summed E-state index contributed by atoms with van der Waals surface area (Å²) in [7, 11) is -3.72. The van der Waals surface area contributed by atoms with E-state index in [1.54, 1.807) is 23.6 Å². The molecular weight excluding hydrogens is 436 g/mol. The van der Waals surface area contributed by atoms with Crippen LogP contribution in [-0.4, -0.2) is 14.5 Å². The minimum absolute atomic E-state index is 0.0779. The molecule has 0 radical (unpaired) electrons. The molecule has 0 fully saturated rings. The quantitative estimate of drug-likeness (QED) is 0.406. The molecule has 0 aliphatic heterocycles. The zero-order valence-electron chi connectivity index (χ0n) is 16.6. The molecule has 31 heavy (non-hydrogen) atoms. The number of nitrogens with one attached hydrogen (secondary N) is 2. The van der Waals surface area contributed by atoms with Crippen molar-refractivity contribution < 1.29 is 22.4 Å². The van der Waals surface area contributed by atoms with Gasteiger partial charge in [-0.15, -0.1) is 11.3 Å². The lowest BCUT2D eigenvalue weighted by molar-refractivity contribution is 0.131. The zero-order valence-corrected chi connectivity index (χ0v) is 18.3. The predicted octanol–water partition coefficient (Wildman–Crippen LogP) is 5.03. The number of fused-ring (bicyclic) bond motifs is 1. The number of sulfonamides is 1. The second kappa shape index (κ2) is 8.83. The predicted molar refractivity (Wildman–Crippen MR) is 120 cm³/mol. The number of carbonyl (C=O) groups excluding carboxylic acids is 1. The Morgan fingerprint density at radius 2 is 1.90 bits per heavy atom. The third-order valence-electron chi connectivity index (χ3n) is 4.44. The van der Waals surface area contributed by atoms with Crippen molar-refractivity contribution in [1.82, 2.24) is 5.32 Å². The van der Waals surface area contributed by atoms with Crippen molar-refractivity contribution in [2.24, 2.45) is 0 Å². The molecule has 2 heterocycles. The Morgan fingerprint density at radius 3 is 2.65 bits per heavy atom. The summed E-state index contributed by atoms with van der Waals surface area (Å²) < 4.78 is 39.1. The van der Waals surface area contributed by atoms with Crippen LogP contribution in [0.5, 0.6) is 0 Å². The van der Waals surface area contributed by atoms with Gasteiger partial charge in [-0.1, -0.05) is 36.4 Å². The van der Waals surface area contributed by atoms with Gasteiger partial charge in [-0.05, 0) is 47.7 Å². The maximum atomic E-state index is 12.6. The minimum atomic E-state index is -3.72. The van der Waals surface area contributed by atoms with E-state index in [-0.39, 0.29) is 10.8 Å². The summed E-state index contributed by atoms with van der Waals surface area (Å²) in [4.78, 5) is 12.0. The highest BCUT2D eigenvalue weighted by molar-refractivity contribution is 7.94. The lowest BCUT2D eigenvalue weighted by Gasteiger charge is -2.08. The van der Waals surface area contributed by atoms with Crippen molar-refractivity contribution in [3.8, 4) is 0 Å². The Kier molecular flexibility index (Phi) is 5.97. The molecule has 0 saturated heterocycles. The lowest BCUT2D eigenvalue weighted by Crippen LogP contribution is -2.23. The molecule has 2 N–H and O–H groups in total. The smallest absolute Gasteiger partial charge is 0.407 e. The van der Waals surface area contributed by atoms with Crippen LogP contribution in [0.3, 0.4) is 0 Å². The molecule has 2 aromatic heterocycles. The Labute approximate surface area is 183 Å². The van der Waals surface area contributed by atoms with Crippen LogP contribution in [0.2, 0.25) is 0 Å². The monoisotopic (exact) mass is 456 g/mol. The van der Waals surface area contributed by atoms with Crippen molar-refractivity contribution in [2.45, 2.75) is 24.3 Å². The molecule has 7 nitrogen and oxygen atoms in total. The molecule has 4 aromatic rings. The van der Waals surface area contributed by atoms with Crippen LogP contribution in [0.25, 0.3) is 11.0 Å². The summed E-state index contributed by atoms with van der Waals surface area (Å²) in [5, 5.41) is 5.09. The molecule has 160 valence electrons. The lowest BCUT2D eigenvalue weighted by atomic mass is 10.1. The first kappa shape index (κ1) is 21.0. The van der Waals surface area contributed by atoms with E-state index >= 15 is 0 Å². The number of aryl methyl sites for hydroxylation is 1. The molecule has 0 saturated carbocycles. The molecule has 0 aliphatic carbocycles. The number of amides is 1. The van der Waals surface area contributed by atoms with Gasteiger partial charge in [0.05, 0.1) is 5.69 Å². The summed E-state index contributed by atoms with van der Waals surface area (Å²) in [5.41, 5.74) is 2.55. The summed E-state index contributed by atoms with van der Waals surface area (Å²) in [6.07, 6.45) is -0.570. The molecule has 0 spiro atoms. The number of hydrogen-bond acceptors (Lipinski definition) is 6. The molecule has 0 bridgehead atoms. The number of rotatable bonds is 7. The number of anilines is 1. The van der Waals surface area contributed by atoms with E-state index in [2.05, 4.69) is 10.0 Å². The van der Waals surface area contributed by atoms with Crippen molar-refractivity contribution in [2.75, 3.05) is 4.72 Å². The number of benzene rings is 2. The average molecular weight is 457 g/mol. The number of ether oxygens (including phenoxy) is 1. The van der Waals surface area contributed by atoms with Gasteiger partial charge in [0.2, 0.25) is 0 Å². The highest BCUT2D eigenvalue weighted by Crippen LogP contribution is 2.31. The molecule has 9 heteroatoms. The van der Waals surface area contributed by atoms with Crippen LogP contribution < -0.4 is 10.0 Å². The average Bonchev–Trinajstić information content (AvgIpc) is 3.42. The van der Waals surface area contributed by atoms with E-state index in [1.807, 2.05) is 43.3 Å². The number of carbonyl (C=O) groups is 1. The van der Waals surface area contributed by atoms with Crippen LogP contribution in [0.4, 0.5) is 10.5 Å². The molecule has 1 amide bonds. The normalized spacial score (nSPS) is 11.4. The molecule has 0 atom stereocenters. The van der Waals surface area contributed by atoms with Gasteiger partial charge in [-0.2, -0.15) is 0 Å². The van der Waals surface area contributed by atoms with Gasteiger partial charge in [0.25, 0.3) is 10.0 Å². The Bertz CT molecular complexity index is 1300. The maximum Gasteiger partial charge on any atom is 0.407 e. The van der Waals surface area contributed by atoms with Crippen molar-refractivity contribution in [1.29, 1.82) is 0 Å². The van der Waals surface area contributed by atoms with E-state index in [0.29, 0.717) is 29.0 Å². The summed E-state index contributed by atoms with van der Waals surface area (Å²) in [5.74, 6) is 0.409. The first-order valence-electron chi connectivity index (χ1n) is 9.45. The Morgan fingerprint density at radius 1 is 1.10 bits per heavy atom. The second-order valence-electron chi connectivity index (χ2n) is 6.90. The third-order valence-corrected chi connectivity index (χ3v) is 7.20. The van der Waals surface area contributed by atoms with Gasteiger partial charge in [0.15, 0.2) is 12.2 Å². The van der Waals surface area contributed by atoms with E-state index < -0.39 is 16.1 Å². The van der Waals surface area contributed by atoms with E-state index in [1.165, 1.54) is 6.07 Å². The molecular formula is C22H20N2O5S2.